The van der Waals surface area contributed by atoms with Crippen molar-refractivity contribution in [3.63, 3.8) is 0 Å². The highest BCUT2D eigenvalue weighted by molar-refractivity contribution is 6.30. The van der Waals surface area contributed by atoms with Gasteiger partial charge in [0.2, 0.25) is 5.91 Å². The van der Waals surface area contributed by atoms with E-state index in [0.717, 1.165) is 12.0 Å². The molecule has 2 aromatic rings. The number of likely N-dealkylation sites (tertiary alicyclic amines) is 1. The summed E-state index contributed by atoms with van der Waals surface area (Å²) in [6.45, 7) is 6.19. The van der Waals surface area contributed by atoms with Gasteiger partial charge in [-0.25, -0.2) is 4.68 Å². The number of benzene rings is 1. The predicted octanol–water partition coefficient (Wildman–Crippen LogP) is 1.89. The maximum Gasteiger partial charge on any atom is 0.252 e. The normalized spacial score (nSPS) is 18.5. The first-order valence-corrected chi connectivity index (χ1v) is 10.5. The van der Waals surface area contributed by atoms with Crippen LogP contribution in [0, 0.1) is 5.92 Å². The monoisotopic (exact) mass is 434 g/mol. The van der Waals surface area contributed by atoms with Gasteiger partial charge in [0.15, 0.2) is 0 Å². The summed E-state index contributed by atoms with van der Waals surface area (Å²) in [7, 11) is 0. The Morgan fingerprint density at radius 2 is 2.10 bits per heavy atom. The molecule has 2 N–H and O–H groups in total. The van der Waals surface area contributed by atoms with E-state index in [0.29, 0.717) is 30.1 Å². The number of halogens is 1. The molecule has 0 radical (unpaired) electrons. The molecule has 1 aromatic carbocycles. The standard InChI is InChI=1S/C20H27ClN6O3/c1-12(2)9-18(28)20(30)26-8-4-5-17(26)19(29)23-13(3)15-10-14(21)6-7-16(15)27-11-22-24-25-27/h6-7,10-13,17-18,28H,4-5,8-9H2,1-3H3,(H,23,29)/t13?,17-,18+/m0/s1. The Labute approximate surface area is 180 Å². The van der Waals surface area contributed by atoms with Crippen LogP contribution in [0.25, 0.3) is 5.69 Å². The fourth-order valence-electron chi connectivity index (χ4n) is 3.78. The van der Waals surface area contributed by atoms with Gasteiger partial charge in [0, 0.05) is 17.1 Å². The van der Waals surface area contributed by atoms with Crippen LogP contribution in [0.3, 0.4) is 0 Å². The number of nitrogens with zero attached hydrogens (tertiary/aromatic N) is 5. The second-order valence-corrected chi connectivity index (χ2v) is 8.46. The van der Waals surface area contributed by atoms with E-state index in [1.165, 1.54) is 15.9 Å². The Kier molecular flexibility index (Phi) is 7.04. The molecule has 2 amide bonds. The van der Waals surface area contributed by atoms with Gasteiger partial charge in [-0.2, -0.15) is 0 Å². The summed E-state index contributed by atoms with van der Waals surface area (Å²) in [5.41, 5.74) is 1.45. The van der Waals surface area contributed by atoms with E-state index in [2.05, 4.69) is 20.8 Å². The van der Waals surface area contributed by atoms with Crippen molar-refractivity contribution >= 4 is 23.4 Å². The lowest BCUT2D eigenvalue weighted by atomic mass is 10.0. The largest absolute Gasteiger partial charge is 0.383 e. The topological polar surface area (TPSA) is 113 Å². The average Bonchev–Trinajstić information content (AvgIpc) is 3.38. The number of aliphatic hydroxyl groups excluding tert-OH is 1. The molecule has 0 saturated carbocycles. The van der Waals surface area contributed by atoms with Crippen molar-refractivity contribution in [2.75, 3.05) is 6.54 Å². The third-order valence-electron chi connectivity index (χ3n) is 5.23. The first kappa shape index (κ1) is 22.2. The molecular formula is C20H27ClN6O3. The van der Waals surface area contributed by atoms with Gasteiger partial charge in [0.05, 0.1) is 11.7 Å². The minimum atomic E-state index is -1.09. The van der Waals surface area contributed by atoms with Gasteiger partial charge < -0.3 is 15.3 Å². The number of rotatable bonds is 7. The van der Waals surface area contributed by atoms with Gasteiger partial charge in [-0.1, -0.05) is 25.4 Å². The molecular weight excluding hydrogens is 408 g/mol. The Bertz CT molecular complexity index is 889. The van der Waals surface area contributed by atoms with Crippen molar-refractivity contribution < 1.29 is 14.7 Å². The number of amides is 2. The van der Waals surface area contributed by atoms with Crippen LogP contribution < -0.4 is 5.32 Å². The summed E-state index contributed by atoms with van der Waals surface area (Å²) >= 11 is 6.17. The van der Waals surface area contributed by atoms with E-state index in [9.17, 15) is 14.7 Å². The van der Waals surface area contributed by atoms with E-state index < -0.39 is 18.2 Å². The fraction of sp³-hybridized carbons (Fsp3) is 0.550. The smallest absolute Gasteiger partial charge is 0.252 e. The highest BCUT2D eigenvalue weighted by atomic mass is 35.5. The molecule has 3 atom stereocenters. The van der Waals surface area contributed by atoms with Crippen LogP contribution in [0.15, 0.2) is 24.5 Å². The maximum atomic E-state index is 13.0. The van der Waals surface area contributed by atoms with Crippen molar-refractivity contribution in [1.82, 2.24) is 30.4 Å². The van der Waals surface area contributed by atoms with Crippen molar-refractivity contribution in [2.45, 2.75) is 58.2 Å². The van der Waals surface area contributed by atoms with Crippen molar-refractivity contribution in [3.8, 4) is 5.69 Å². The van der Waals surface area contributed by atoms with Crippen LogP contribution in [0.4, 0.5) is 0 Å². The summed E-state index contributed by atoms with van der Waals surface area (Å²) in [6, 6.07) is 4.27. The number of carbonyl (C=O) groups excluding carboxylic acids is 2. The minimum absolute atomic E-state index is 0.186. The molecule has 3 rings (SSSR count). The van der Waals surface area contributed by atoms with Gasteiger partial charge in [-0.15, -0.1) is 5.10 Å². The number of nitrogens with one attached hydrogen (secondary N) is 1. The Morgan fingerprint density at radius 3 is 2.77 bits per heavy atom. The first-order valence-electron chi connectivity index (χ1n) is 10.1. The van der Waals surface area contributed by atoms with Crippen LogP contribution in [0.2, 0.25) is 5.02 Å². The number of hydrogen-bond acceptors (Lipinski definition) is 6. The Hall–Kier alpha value is -2.52. The molecule has 0 bridgehead atoms. The lowest BCUT2D eigenvalue weighted by Gasteiger charge is -2.28. The predicted molar refractivity (Wildman–Crippen MR) is 111 cm³/mol. The third kappa shape index (κ3) is 4.96. The molecule has 1 aliphatic rings. The van der Waals surface area contributed by atoms with E-state index in [4.69, 9.17) is 11.6 Å². The molecule has 1 saturated heterocycles. The summed E-state index contributed by atoms with van der Waals surface area (Å²) in [5.74, 6) is -0.453. The van der Waals surface area contributed by atoms with Gasteiger partial charge in [0.25, 0.3) is 5.91 Å². The Balaban J connectivity index is 1.74. The number of hydrogen-bond donors (Lipinski definition) is 2. The second-order valence-electron chi connectivity index (χ2n) is 8.02. The number of carbonyl (C=O) groups is 2. The quantitative estimate of drug-likeness (QED) is 0.688. The molecule has 1 aliphatic heterocycles. The lowest BCUT2D eigenvalue weighted by molar-refractivity contribution is -0.146. The van der Waals surface area contributed by atoms with E-state index in [-0.39, 0.29) is 17.7 Å². The van der Waals surface area contributed by atoms with Crippen LogP contribution >= 0.6 is 11.6 Å². The summed E-state index contributed by atoms with van der Waals surface area (Å²) < 4.78 is 1.50. The molecule has 2 heterocycles. The second kappa shape index (κ2) is 9.53. The number of tetrazole rings is 1. The molecule has 0 aliphatic carbocycles. The van der Waals surface area contributed by atoms with Gasteiger partial charge in [0.1, 0.15) is 18.5 Å². The number of aliphatic hydroxyl groups is 1. The van der Waals surface area contributed by atoms with Gasteiger partial charge in [-0.3, -0.25) is 9.59 Å². The summed E-state index contributed by atoms with van der Waals surface area (Å²) in [6.07, 6.45) is 2.04. The average molecular weight is 435 g/mol. The summed E-state index contributed by atoms with van der Waals surface area (Å²) in [5, 5.41) is 24.9. The highest BCUT2D eigenvalue weighted by Gasteiger charge is 2.37. The van der Waals surface area contributed by atoms with Crippen LogP contribution in [0.5, 0.6) is 0 Å². The lowest BCUT2D eigenvalue weighted by Crippen LogP contribution is -2.49. The SMILES string of the molecule is CC(C)C[C@@H](O)C(=O)N1CCC[C@H]1C(=O)NC(C)c1cc(Cl)ccc1-n1cnnn1. The molecule has 1 fully saturated rings. The van der Waals surface area contributed by atoms with E-state index in [1.807, 2.05) is 20.8 Å². The number of aromatic nitrogens is 4. The Morgan fingerprint density at radius 1 is 1.33 bits per heavy atom. The molecule has 1 aromatic heterocycles. The zero-order valence-electron chi connectivity index (χ0n) is 17.3. The molecule has 0 spiro atoms. The highest BCUT2D eigenvalue weighted by Crippen LogP contribution is 2.26. The fourth-order valence-corrected chi connectivity index (χ4v) is 3.96. The maximum absolute atomic E-state index is 13.0. The molecule has 1 unspecified atom stereocenters. The van der Waals surface area contributed by atoms with Crippen molar-refractivity contribution in [2.24, 2.45) is 5.92 Å². The van der Waals surface area contributed by atoms with Crippen molar-refractivity contribution in [1.29, 1.82) is 0 Å². The third-order valence-corrected chi connectivity index (χ3v) is 5.46. The van der Waals surface area contributed by atoms with Crippen molar-refractivity contribution in [3.05, 3.63) is 35.1 Å². The van der Waals surface area contributed by atoms with E-state index in [1.54, 1.807) is 18.2 Å². The van der Waals surface area contributed by atoms with Gasteiger partial charge in [-0.05, 0) is 60.7 Å². The zero-order chi connectivity index (χ0) is 21.8. The summed E-state index contributed by atoms with van der Waals surface area (Å²) in [4.78, 5) is 27.2. The molecule has 9 nitrogen and oxygen atoms in total. The zero-order valence-corrected chi connectivity index (χ0v) is 18.1. The molecule has 10 heteroatoms. The first-order chi connectivity index (χ1) is 14.3. The molecule has 30 heavy (non-hydrogen) atoms. The van der Waals surface area contributed by atoms with Crippen LogP contribution in [0.1, 0.15) is 51.6 Å². The van der Waals surface area contributed by atoms with Crippen LogP contribution in [-0.2, 0) is 9.59 Å². The van der Waals surface area contributed by atoms with E-state index >= 15 is 0 Å². The minimum Gasteiger partial charge on any atom is -0.383 e. The molecule has 162 valence electrons. The van der Waals surface area contributed by atoms with Gasteiger partial charge >= 0.3 is 0 Å². The van der Waals surface area contributed by atoms with Crippen LogP contribution in [-0.4, -0.2) is 60.7 Å².